The first kappa shape index (κ1) is 15.8. The van der Waals surface area contributed by atoms with E-state index in [2.05, 4.69) is 18.3 Å². The minimum Gasteiger partial charge on any atom is -0.491 e. The quantitative estimate of drug-likeness (QED) is 0.810. The van der Waals surface area contributed by atoms with Crippen LogP contribution in [0.25, 0.3) is 0 Å². The molecule has 21 heavy (non-hydrogen) atoms. The molecule has 3 N–H and O–H groups in total. The van der Waals surface area contributed by atoms with Gasteiger partial charge < -0.3 is 10.5 Å². The van der Waals surface area contributed by atoms with Gasteiger partial charge in [-0.1, -0.05) is 12.1 Å². The van der Waals surface area contributed by atoms with E-state index in [0.29, 0.717) is 0 Å². The summed E-state index contributed by atoms with van der Waals surface area (Å²) in [5, 5.41) is 3.36. The van der Waals surface area contributed by atoms with Crippen molar-refractivity contribution < 1.29 is 9.53 Å². The van der Waals surface area contributed by atoms with E-state index in [1.807, 2.05) is 32.9 Å². The predicted molar refractivity (Wildman–Crippen MR) is 84.3 cm³/mol. The molecule has 0 heterocycles. The highest BCUT2D eigenvalue weighted by atomic mass is 16.5. The summed E-state index contributed by atoms with van der Waals surface area (Å²) in [6, 6.07) is 6.14. The first-order chi connectivity index (χ1) is 9.86. The maximum Gasteiger partial charge on any atom is 0.241 e. The Balaban J connectivity index is 2.19. The number of ether oxygens (including phenoxy) is 1. The van der Waals surface area contributed by atoms with E-state index in [0.717, 1.165) is 24.2 Å². The minimum absolute atomic E-state index is 0.181. The van der Waals surface area contributed by atoms with Crippen molar-refractivity contribution in [3.05, 3.63) is 29.3 Å². The zero-order chi connectivity index (χ0) is 15.6. The molecule has 4 nitrogen and oxygen atoms in total. The molecule has 1 aromatic carbocycles. The third-order valence-corrected chi connectivity index (χ3v) is 4.27. The lowest BCUT2D eigenvalue weighted by molar-refractivity contribution is -0.127. The number of hydrogen-bond acceptors (Lipinski definition) is 3. The van der Waals surface area contributed by atoms with E-state index in [-0.39, 0.29) is 24.5 Å². The average Bonchev–Trinajstić information content (AvgIpc) is 3.22. The Kier molecular flexibility index (Phi) is 4.57. The van der Waals surface area contributed by atoms with Gasteiger partial charge in [0, 0.05) is 6.04 Å². The van der Waals surface area contributed by atoms with Gasteiger partial charge in [0.25, 0.3) is 0 Å². The fraction of sp³-hybridized carbons (Fsp3) is 0.588. The fourth-order valence-corrected chi connectivity index (χ4v) is 2.78. The van der Waals surface area contributed by atoms with E-state index in [4.69, 9.17) is 10.5 Å². The zero-order valence-corrected chi connectivity index (χ0v) is 13.4. The summed E-state index contributed by atoms with van der Waals surface area (Å²) < 4.78 is 5.98. The molecule has 4 heteroatoms. The SMILES string of the molecule is Cc1cccc(OCC(NC(C)C)(C(N)=O)C2CC2)c1C. The van der Waals surface area contributed by atoms with Crippen LogP contribution in [0, 0.1) is 19.8 Å². The molecule has 0 radical (unpaired) electrons. The Morgan fingerprint density at radius 3 is 2.62 bits per heavy atom. The van der Waals surface area contributed by atoms with Crippen LogP contribution in [-0.4, -0.2) is 24.1 Å². The van der Waals surface area contributed by atoms with E-state index in [1.165, 1.54) is 5.56 Å². The molecule has 1 aromatic rings. The number of rotatable bonds is 7. The van der Waals surface area contributed by atoms with Gasteiger partial charge in [-0.05, 0) is 63.6 Å². The van der Waals surface area contributed by atoms with E-state index < -0.39 is 5.54 Å². The van der Waals surface area contributed by atoms with Crippen LogP contribution in [0.1, 0.15) is 37.8 Å². The lowest BCUT2D eigenvalue weighted by Gasteiger charge is -2.34. The second-order valence-corrected chi connectivity index (χ2v) is 6.40. The zero-order valence-electron chi connectivity index (χ0n) is 13.4. The first-order valence-corrected chi connectivity index (χ1v) is 7.63. The third kappa shape index (κ3) is 3.38. The standard InChI is InChI=1S/C17H26N2O2/c1-11(2)19-17(16(18)20,14-8-9-14)10-21-15-7-5-6-12(3)13(15)4/h5-7,11,14,19H,8-10H2,1-4H3,(H2,18,20). The lowest BCUT2D eigenvalue weighted by Crippen LogP contribution is -2.62. The van der Waals surface area contributed by atoms with Gasteiger partial charge in [0.05, 0.1) is 0 Å². The highest BCUT2D eigenvalue weighted by molar-refractivity contribution is 5.86. The lowest BCUT2D eigenvalue weighted by atomic mass is 9.92. The molecule has 0 aromatic heterocycles. The molecule has 116 valence electrons. The molecule has 1 aliphatic rings. The number of primary amides is 1. The molecule has 1 fully saturated rings. The Labute approximate surface area is 127 Å². The Morgan fingerprint density at radius 2 is 2.10 bits per heavy atom. The van der Waals surface area contributed by atoms with Crippen LogP contribution >= 0.6 is 0 Å². The maximum absolute atomic E-state index is 12.1. The van der Waals surface area contributed by atoms with Crippen LogP contribution in [0.3, 0.4) is 0 Å². The Morgan fingerprint density at radius 1 is 1.43 bits per heavy atom. The van der Waals surface area contributed by atoms with Crippen molar-refractivity contribution in [2.45, 2.75) is 52.1 Å². The molecular weight excluding hydrogens is 264 g/mol. The van der Waals surface area contributed by atoms with Crippen LogP contribution < -0.4 is 15.8 Å². The van der Waals surface area contributed by atoms with Gasteiger partial charge >= 0.3 is 0 Å². The van der Waals surface area contributed by atoms with Crippen molar-refractivity contribution in [2.75, 3.05) is 6.61 Å². The highest BCUT2D eigenvalue weighted by Crippen LogP contribution is 2.40. The number of hydrogen-bond donors (Lipinski definition) is 2. The number of carbonyl (C=O) groups excluding carboxylic acids is 1. The smallest absolute Gasteiger partial charge is 0.241 e. The summed E-state index contributed by atoms with van der Waals surface area (Å²) in [6.45, 7) is 8.42. The third-order valence-electron chi connectivity index (χ3n) is 4.27. The average molecular weight is 290 g/mol. The summed E-state index contributed by atoms with van der Waals surface area (Å²) in [7, 11) is 0. The Bertz CT molecular complexity index is 524. The van der Waals surface area contributed by atoms with Crippen LogP contribution in [0.4, 0.5) is 0 Å². The minimum atomic E-state index is -0.760. The van der Waals surface area contributed by atoms with Crippen LogP contribution in [0.5, 0.6) is 5.75 Å². The first-order valence-electron chi connectivity index (χ1n) is 7.63. The van der Waals surface area contributed by atoms with Crippen molar-refractivity contribution in [3.63, 3.8) is 0 Å². The van der Waals surface area contributed by atoms with E-state index in [1.54, 1.807) is 0 Å². The second-order valence-electron chi connectivity index (χ2n) is 6.40. The van der Waals surface area contributed by atoms with Crippen LogP contribution in [-0.2, 0) is 4.79 Å². The molecule has 1 amide bonds. The van der Waals surface area contributed by atoms with Crippen molar-refractivity contribution in [1.29, 1.82) is 0 Å². The normalized spacial score (nSPS) is 17.6. The van der Waals surface area contributed by atoms with E-state index in [9.17, 15) is 4.79 Å². The molecule has 0 bridgehead atoms. The molecule has 1 aliphatic carbocycles. The van der Waals surface area contributed by atoms with Crippen molar-refractivity contribution in [3.8, 4) is 5.75 Å². The number of nitrogens with one attached hydrogen (secondary N) is 1. The number of amides is 1. The van der Waals surface area contributed by atoms with Crippen molar-refractivity contribution in [2.24, 2.45) is 11.7 Å². The fourth-order valence-electron chi connectivity index (χ4n) is 2.78. The number of nitrogens with two attached hydrogens (primary N) is 1. The molecule has 0 spiro atoms. The van der Waals surface area contributed by atoms with Crippen molar-refractivity contribution in [1.82, 2.24) is 5.32 Å². The molecule has 1 unspecified atom stereocenters. The topological polar surface area (TPSA) is 64.3 Å². The monoisotopic (exact) mass is 290 g/mol. The van der Waals surface area contributed by atoms with Gasteiger partial charge in [-0.2, -0.15) is 0 Å². The van der Waals surface area contributed by atoms with Gasteiger partial charge in [0.15, 0.2) is 0 Å². The van der Waals surface area contributed by atoms with E-state index >= 15 is 0 Å². The van der Waals surface area contributed by atoms with Gasteiger partial charge in [-0.15, -0.1) is 0 Å². The largest absolute Gasteiger partial charge is 0.491 e. The number of aryl methyl sites for hydroxylation is 1. The maximum atomic E-state index is 12.1. The molecule has 0 saturated heterocycles. The van der Waals surface area contributed by atoms with Gasteiger partial charge in [-0.3, -0.25) is 10.1 Å². The molecule has 1 saturated carbocycles. The Hall–Kier alpha value is -1.55. The summed E-state index contributed by atoms with van der Waals surface area (Å²) in [5.41, 5.74) is 7.24. The van der Waals surface area contributed by atoms with Gasteiger partial charge in [0.2, 0.25) is 5.91 Å². The van der Waals surface area contributed by atoms with Gasteiger partial charge in [-0.25, -0.2) is 0 Å². The second kappa shape index (κ2) is 6.06. The summed E-state index contributed by atoms with van der Waals surface area (Å²) >= 11 is 0. The summed E-state index contributed by atoms with van der Waals surface area (Å²) in [4.78, 5) is 12.1. The highest BCUT2D eigenvalue weighted by Gasteiger charge is 2.51. The number of carbonyl (C=O) groups is 1. The molecular formula is C17H26N2O2. The van der Waals surface area contributed by atoms with Crippen molar-refractivity contribution >= 4 is 5.91 Å². The van der Waals surface area contributed by atoms with Gasteiger partial charge in [0.1, 0.15) is 17.9 Å². The summed E-state index contributed by atoms with van der Waals surface area (Å²) in [5.74, 6) is 0.790. The summed E-state index contributed by atoms with van der Waals surface area (Å²) in [6.07, 6.45) is 2.05. The van der Waals surface area contributed by atoms with Crippen LogP contribution in [0.15, 0.2) is 18.2 Å². The predicted octanol–water partition coefficient (Wildman–Crippen LogP) is 2.31. The molecule has 1 atom stereocenters. The molecule has 2 rings (SSSR count). The number of benzene rings is 1. The molecule has 0 aliphatic heterocycles. The van der Waals surface area contributed by atoms with Crippen LogP contribution in [0.2, 0.25) is 0 Å².